The number of amides is 1. The fourth-order valence-electron chi connectivity index (χ4n) is 2.68. The zero-order valence-corrected chi connectivity index (χ0v) is 18.2. The number of para-hydroxylation sites is 1. The average molecular weight is 492 g/mol. The Bertz CT molecular complexity index is 1180. The van der Waals surface area contributed by atoms with Gasteiger partial charge in [-0.3, -0.25) is 4.79 Å². The lowest BCUT2D eigenvalue weighted by Gasteiger charge is -2.34. The lowest BCUT2D eigenvalue weighted by Crippen LogP contribution is -2.53. The SMILES string of the molecule is CC(O)(C(NC(=O)c1ccccc1O)c1ccc(S(=O)(=O)c2cccs2)s1)C(F)(F)F. The maximum atomic E-state index is 13.6. The maximum absolute atomic E-state index is 13.6. The molecule has 2 unspecified atom stereocenters. The summed E-state index contributed by atoms with van der Waals surface area (Å²) in [5.41, 5.74) is -3.73. The minimum absolute atomic E-state index is 0.0123. The second kappa shape index (κ2) is 8.26. The molecule has 0 aliphatic rings. The highest BCUT2D eigenvalue weighted by Gasteiger charge is 2.56. The van der Waals surface area contributed by atoms with Crippen molar-refractivity contribution in [1.82, 2.24) is 5.32 Å². The molecule has 6 nitrogen and oxygen atoms in total. The molecule has 3 rings (SSSR count). The average Bonchev–Trinajstić information content (AvgIpc) is 3.37. The number of carbonyl (C=O) groups is 1. The van der Waals surface area contributed by atoms with Crippen molar-refractivity contribution >= 4 is 38.4 Å². The van der Waals surface area contributed by atoms with Crippen molar-refractivity contribution in [1.29, 1.82) is 0 Å². The Balaban J connectivity index is 2.03. The fourth-order valence-corrected chi connectivity index (χ4v) is 6.84. The van der Waals surface area contributed by atoms with Crippen molar-refractivity contribution < 1.29 is 36.6 Å². The van der Waals surface area contributed by atoms with Crippen LogP contribution in [0.3, 0.4) is 0 Å². The number of sulfone groups is 1. The van der Waals surface area contributed by atoms with Crippen LogP contribution in [0.5, 0.6) is 5.75 Å². The third-order valence-corrected chi connectivity index (χ3v) is 9.26. The highest BCUT2D eigenvalue weighted by atomic mass is 32.3. The van der Waals surface area contributed by atoms with E-state index in [-0.39, 0.29) is 18.9 Å². The molecule has 3 aromatic rings. The van der Waals surface area contributed by atoms with Crippen LogP contribution in [-0.2, 0) is 9.84 Å². The topological polar surface area (TPSA) is 104 Å². The standard InChI is InChI=1S/C19H16F3NO5S3/c1-18(26,19(20,21)22)16(23-17(25)11-5-2-3-6-12(11)24)13-8-9-15(30-13)31(27,28)14-7-4-10-29-14/h2-10,16,24,26H,1H3,(H,23,25). The number of phenolic OH excluding ortho intramolecular Hbond substituents is 1. The summed E-state index contributed by atoms with van der Waals surface area (Å²) in [6.45, 7) is 0.482. The van der Waals surface area contributed by atoms with Gasteiger partial charge in [0.25, 0.3) is 5.91 Å². The quantitative estimate of drug-likeness (QED) is 0.481. The highest BCUT2D eigenvalue weighted by Crippen LogP contribution is 2.43. The van der Waals surface area contributed by atoms with Gasteiger partial charge in [-0.05, 0) is 42.6 Å². The van der Waals surface area contributed by atoms with E-state index in [9.17, 15) is 36.6 Å². The molecule has 0 saturated heterocycles. The molecule has 0 fully saturated rings. The van der Waals surface area contributed by atoms with E-state index >= 15 is 0 Å². The van der Waals surface area contributed by atoms with Gasteiger partial charge in [-0.1, -0.05) is 18.2 Å². The first-order valence-electron chi connectivity index (χ1n) is 8.62. The van der Waals surface area contributed by atoms with Crippen LogP contribution in [0, 0.1) is 0 Å². The normalized spacial score (nSPS) is 15.3. The number of hydrogen-bond donors (Lipinski definition) is 3. The Morgan fingerprint density at radius 3 is 2.32 bits per heavy atom. The molecule has 0 saturated carbocycles. The van der Waals surface area contributed by atoms with Crippen LogP contribution in [-0.4, -0.2) is 36.3 Å². The van der Waals surface area contributed by atoms with Gasteiger partial charge in [0.1, 0.15) is 20.2 Å². The van der Waals surface area contributed by atoms with Crippen LogP contribution in [0.1, 0.15) is 28.2 Å². The second-order valence-electron chi connectivity index (χ2n) is 6.66. The van der Waals surface area contributed by atoms with Gasteiger partial charge in [0.05, 0.1) is 5.56 Å². The van der Waals surface area contributed by atoms with Crippen LogP contribution >= 0.6 is 22.7 Å². The number of alkyl halides is 3. The third kappa shape index (κ3) is 4.47. The number of aromatic hydroxyl groups is 1. The molecule has 0 aliphatic carbocycles. The number of aliphatic hydroxyl groups is 1. The van der Waals surface area contributed by atoms with E-state index in [1.54, 1.807) is 5.38 Å². The van der Waals surface area contributed by atoms with Crippen LogP contribution in [0.4, 0.5) is 13.2 Å². The Labute approximate surface area is 183 Å². The molecule has 1 aromatic carbocycles. The lowest BCUT2D eigenvalue weighted by molar-refractivity contribution is -0.263. The molecule has 1 amide bonds. The summed E-state index contributed by atoms with van der Waals surface area (Å²) < 4.78 is 66.0. The van der Waals surface area contributed by atoms with Gasteiger partial charge < -0.3 is 15.5 Å². The summed E-state index contributed by atoms with van der Waals surface area (Å²) in [5.74, 6) is -1.53. The van der Waals surface area contributed by atoms with Crippen molar-refractivity contribution in [2.24, 2.45) is 0 Å². The molecular weight excluding hydrogens is 475 g/mol. The lowest BCUT2D eigenvalue weighted by atomic mass is 9.93. The first-order chi connectivity index (χ1) is 14.4. The zero-order valence-electron chi connectivity index (χ0n) is 15.8. The van der Waals surface area contributed by atoms with E-state index in [4.69, 9.17) is 0 Å². The van der Waals surface area contributed by atoms with E-state index in [0.717, 1.165) is 23.5 Å². The molecule has 31 heavy (non-hydrogen) atoms. The van der Waals surface area contributed by atoms with Crippen molar-refractivity contribution in [3.8, 4) is 5.75 Å². The second-order valence-corrected chi connectivity index (χ2v) is 11.1. The number of rotatable bonds is 6. The van der Waals surface area contributed by atoms with Crippen molar-refractivity contribution in [2.45, 2.75) is 33.2 Å². The number of phenols is 1. The Kier molecular flexibility index (Phi) is 6.20. The number of nitrogens with one attached hydrogen (secondary N) is 1. The largest absolute Gasteiger partial charge is 0.507 e. The van der Waals surface area contributed by atoms with E-state index in [1.165, 1.54) is 36.4 Å². The van der Waals surface area contributed by atoms with Gasteiger partial charge in [-0.2, -0.15) is 13.2 Å². The number of thiophene rings is 2. The highest BCUT2D eigenvalue weighted by molar-refractivity contribution is 7.95. The number of benzene rings is 1. The van der Waals surface area contributed by atoms with Gasteiger partial charge in [-0.15, -0.1) is 22.7 Å². The predicted molar refractivity (Wildman–Crippen MR) is 109 cm³/mol. The summed E-state index contributed by atoms with van der Waals surface area (Å²) in [6, 6.07) is 8.31. The molecule has 2 heterocycles. The van der Waals surface area contributed by atoms with Gasteiger partial charge in [0.2, 0.25) is 9.84 Å². The molecule has 0 bridgehead atoms. The molecular formula is C19H16F3NO5S3. The summed E-state index contributed by atoms with van der Waals surface area (Å²) in [7, 11) is -3.96. The van der Waals surface area contributed by atoms with Crippen molar-refractivity contribution in [2.75, 3.05) is 0 Å². The van der Waals surface area contributed by atoms with Crippen molar-refractivity contribution in [3.63, 3.8) is 0 Å². The minimum Gasteiger partial charge on any atom is -0.507 e. The van der Waals surface area contributed by atoms with E-state index in [2.05, 4.69) is 5.32 Å². The van der Waals surface area contributed by atoms with Crippen LogP contribution in [0.25, 0.3) is 0 Å². The summed E-state index contributed by atoms with van der Waals surface area (Å²) in [4.78, 5) is 12.3. The monoisotopic (exact) mass is 491 g/mol. The Morgan fingerprint density at radius 2 is 1.74 bits per heavy atom. The number of hydrogen-bond acceptors (Lipinski definition) is 7. The molecule has 0 radical (unpaired) electrons. The summed E-state index contributed by atoms with van der Waals surface area (Å²) in [6.07, 6.45) is -5.15. The molecule has 12 heteroatoms. The fraction of sp³-hybridized carbons (Fsp3) is 0.211. The van der Waals surface area contributed by atoms with Crippen molar-refractivity contribution in [3.05, 3.63) is 64.4 Å². The molecule has 2 aromatic heterocycles. The maximum Gasteiger partial charge on any atom is 0.419 e. The molecule has 166 valence electrons. The summed E-state index contributed by atoms with van der Waals surface area (Å²) in [5, 5.41) is 23.7. The van der Waals surface area contributed by atoms with Crippen LogP contribution in [0.15, 0.2) is 62.3 Å². The molecule has 2 atom stereocenters. The Morgan fingerprint density at radius 1 is 1.06 bits per heavy atom. The van der Waals surface area contributed by atoms with Gasteiger partial charge >= 0.3 is 6.18 Å². The van der Waals surface area contributed by atoms with Gasteiger partial charge in [-0.25, -0.2) is 8.42 Å². The van der Waals surface area contributed by atoms with Gasteiger partial charge in [0, 0.05) is 4.88 Å². The summed E-state index contributed by atoms with van der Waals surface area (Å²) >= 11 is 1.47. The molecule has 0 aliphatic heterocycles. The minimum atomic E-state index is -5.15. The predicted octanol–water partition coefficient (Wildman–Crippen LogP) is 4.13. The van der Waals surface area contributed by atoms with Crippen LogP contribution in [0.2, 0.25) is 0 Å². The van der Waals surface area contributed by atoms with E-state index < -0.39 is 39.3 Å². The number of halogens is 3. The van der Waals surface area contributed by atoms with Gasteiger partial charge in [0.15, 0.2) is 5.60 Å². The first kappa shape index (κ1) is 23.3. The third-order valence-electron chi connectivity index (χ3n) is 4.47. The molecule has 0 spiro atoms. The van der Waals surface area contributed by atoms with E-state index in [0.29, 0.717) is 18.3 Å². The Hall–Kier alpha value is -2.41. The number of carbonyl (C=O) groups excluding carboxylic acids is 1. The van der Waals surface area contributed by atoms with E-state index in [1.807, 2.05) is 0 Å². The smallest absolute Gasteiger partial charge is 0.419 e. The van der Waals surface area contributed by atoms with Crippen LogP contribution < -0.4 is 5.32 Å². The zero-order chi connectivity index (χ0) is 23.0. The first-order valence-corrected chi connectivity index (χ1v) is 11.8. The molecule has 3 N–H and O–H groups in total.